The second-order valence-corrected chi connectivity index (χ2v) is 6.15. The Morgan fingerprint density at radius 2 is 1.82 bits per heavy atom. The summed E-state index contributed by atoms with van der Waals surface area (Å²) in [5.41, 5.74) is -0.600. The van der Waals surface area contributed by atoms with Crippen LogP contribution in [0.3, 0.4) is 0 Å². The Balaban J connectivity index is 1.60. The summed E-state index contributed by atoms with van der Waals surface area (Å²) in [6.45, 7) is 0.479. The summed E-state index contributed by atoms with van der Waals surface area (Å²) in [6, 6.07) is 4.21. The fraction of sp³-hybridized carbons (Fsp3) is 0.562. The minimum atomic E-state index is -4.39. The Bertz CT molecular complexity index is 548. The molecule has 0 bridgehead atoms. The summed E-state index contributed by atoms with van der Waals surface area (Å²) >= 11 is 0. The predicted octanol–water partition coefficient (Wildman–Crippen LogP) is 3.54. The van der Waals surface area contributed by atoms with Gasteiger partial charge in [-0.15, -0.1) is 0 Å². The molecule has 2 aliphatic rings. The van der Waals surface area contributed by atoms with Gasteiger partial charge >= 0.3 is 6.18 Å². The monoisotopic (exact) mass is 313 g/mol. The van der Waals surface area contributed by atoms with E-state index in [9.17, 15) is 18.0 Å². The number of carbonyl (C=O) groups excluding carboxylic acids is 1. The van der Waals surface area contributed by atoms with Crippen LogP contribution < -0.4 is 5.32 Å². The van der Waals surface area contributed by atoms with Crippen molar-refractivity contribution in [1.29, 1.82) is 0 Å². The molecule has 1 aliphatic carbocycles. The lowest BCUT2D eigenvalue weighted by atomic mass is 9.96. The lowest BCUT2D eigenvalue weighted by molar-refractivity contribution is -0.137. The summed E-state index contributed by atoms with van der Waals surface area (Å²) in [5.74, 6) is -0.350. The molecule has 3 nitrogen and oxygen atoms in total. The molecule has 1 heterocycles. The number of rotatable bonds is 2. The van der Waals surface area contributed by atoms with Crippen LogP contribution in [-0.2, 0) is 10.9 Å². The molecule has 1 saturated carbocycles. The van der Waals surface area contributed by atoms with E-state index >= 15 is 0 Å². The van der Waals surface area contributed by atoms with Crippen LogP contribution in [0.5, 0.6) is 0 Å². The third kappa shape index (κ3) is 3.11. The quantitative estimate of drug-likeness (QED) is 0.907. The van der Waals surface area contributed by atoms with Gasteiger partial charge in [0, 0.05) is 5.56 Å². The van der Waals surface area contributed by atoms with Crippen LogP contribution in [0, 0.1) is 0 Å². The average molecular weight is 313 g/mol. The van der Waals surface area contributed by atoms with Crippen molar-refractivity contribution in [3.8, 4) is 0 Å². The lowest BCUT2D eigenvalue weighted by Gasteiger charge is -2.21. The smallest absolute Gasteiger partial charge is 0.373 e. The summed E-state index contributed by atoms with van der Waals surface area (Å²) < 4.78 is 43.4. The molecule has 1 aromatic rings. The van der Waals surface area contributed by atoms with E-state index in [1.165, 1.54) is 12.1 Å². The zero-order valence-electron chi connectivity index (χ0n) is 12.1. The zero-order valence-corrected chi connectivity index (χ0v) is 12.1. The van der Waals surface area contributed by atoms with Crippen molar-refractivity contribution < 1.29 is 22.7 Å². The highest BCUT2D eigenvalue weighted by atomic mass is 19.4. The highest BCUT2D eigenvalue weighted by Gasteiger charge is 2.42. The Hall–Kier alpha value is -1.56. The van der Waals surface area contributed by atoms with Gasteiger partial charge in [-0.05, 0) is 43.5 Å². The van der Waals surface area contributed by atoms with Crippen molar-refractivity contribution in [2.75, 3.05) is 6.61 Å². The molecular formula is C16H18F3NO2. The molecule has 120 valence electrons. The predicted molar refractivity (Wildman–Crippen MR) is 74.5 cm³/mol. The number of hydrogen-bond donors (Lipinski definition) is 1. The Labute approximate surface area is 126 Å². The molecule has 1 spiro atoms. The number of benzene rings is 1. The van der Waals surface area contributed by atoms with Crippen molar-refractivity contribution in [2.24, 2.45) is 0 Å². The first-order chi connectivity index (χ1) is 10.4. The zero-order chi connectivity index (χ0) is 15.8. The normalized spacial score (nSPS) is 23.9. The van der Waals surface area contributed by atoms with Crippen LogP contribution in [0.25, 0.3) is 0 Å². The van der Waals surface area contributed by atoms with E-state index in [0.29, 0.717) is 6.61 Å². The topological polar surface area (TPSA) is 38.3 Å². The second-order valence-electron chi connectivity index (χ2n) is 6.15. The van der Waals surface area contributed by atoms with Gasteiger partial charge in [-0.3, -0.25) is 4.79 Å². The minimum Gasteiger partial charge on any atom is -0.373 e. The molecule has 22 heavy (non-hydrogen) atoms. The van der Waals surface area contributed by atoms with Crippen molar-refractivity contribution in [1.82, 2.24) is 5.32 Å². The van der Waals surface area contributed by atoms with Crippen LogP contribution in [0.15, 0.2) is 24.3 Å². The van der Waals surface area contributed by atoms with E-state index in [1.807, 2.05) is 0 Å². The van der Waals surface area contributed by atoms with E-state index < -0.39 is 11.7 Å². The average Bonchev–Trinajstić information content (AvgIpc) is 3.09. The van der Waals surface area contributed by atoms with Gasteiger partial charge in [-0.2, -0.15) is 13.2 Å². The van der Waals surface area contributed by atoms with Gasteiger partial charge in [0.25, 0.3) is 5.91 Å². The maximum absolute atomic E-state index is 12.5. The van der Waals surface area contributed by atoms with Gasteiger partial charge in [-0.25, -0.2) is 0 Å². The highest BCUT2D eigenvalue weighted by molar-refractivity contribution is 5.94. The molecule has 1 N–H and O–H groups in total. The SMILES string of the molecule is O=C(NC1COC2(CCCC2)C1)c1ccc(C(F)(F)F)cc1. The fourth-order valence-electron chi connectivity index (χ4n) is 3.38. The number of carbonyl (C=O) groups is 1. The molecule has 6 heteroatoms. The van der Waals surface area contributed by atoms with Crippen molar-refractivity contribution in [2.45, 2.75) is 49.9 Å². The number of nitrogens with one attached hydrogen (secondary N) is 1. The van der Waals surface area contributed by atoms with Crippen LogP contribution in [0.1, 0.15) is 48.0 Å². The van der Waals surface area contributed by atoms with Crippen LogP contribution in [-0.4, -0.2) is 24.2 Å². The molecule has 2 fully saturated rings. The minimum absolute atomic E-state index is 0.0621. The number of alkyl halides is 3. The fourth-order valence-corrected chi connectivity index (χ4v) is 3.38. The van der Waals surface area contributed by atoms with Crippen LogP contribution in [0.2, 0.25) is 0 Å². The molecule has 0 aromatic heterocycles. The molecule has 1 unspecified atom stereocenters. The third-order valence-corrected chi connectivity index (χ3v) is 4.53. The van der Waals surface area contributed by atoms with Crippen molar-refractivity contribution >= 4 is 5.91 Å². The van der Waals surface area contributed by atoms with E-state index in [1.54, 1.807) is 0 Å². The summed E-state index contributed by atoms with van der Waals surface area (Å²) in [5, 5.41) is 2.86. The number of amides is 1. The summed E-state index contributed by atoms with van der Waals surface area (Å²) in [7, 11) is 0. The molecule has 1 saturated heterocycles. The maximum atomic E-state index is 12.5. The first kappa shape index (κ1) is 15.3. The molecular weight excluding hydrogens is 295 g/mol. The van der Waals surface area contributed by atoms with Gasteiger partial charge < -0.3 is 10.1 Å². The standard InChI is InChI=1S/C16H18F3NO2/c17-16(18,19)12-5-3-11(4-6-12)14(21)20-13-9-15(22-10-13)7-1-2-8-15/h3-6,13H,1-2,7-10H2,(H,20,21). The first-order valence-corrected chi connectivity index (χ1v) is 7.50. The van der Waals surface area contributed by atoms with Gasteiger partial charge in [0.15, 0.2) is 0 Å². The number of halogens is 3. The van der Waals surface area contributed by atoms with Gasteiger partial charge in [-0.1, -0.05) is 12.8 Å². The van der Waals surface area contributed by atoms with Gasteiger partial charge in [0.05, 0.1) is 23.8 Å². The molecule has 1 aliphatic heterocycles. The molecule has 1 atom stereocenters. The molecule has 0 radical (unpaired) electrons. The maximum Gasteiger partial charge on any atom is 0.416 e. The summed E-state index contributed by atoms with van der Waals surface area (Å²) in [4.78, 5) is 12.1. The largest absolute Gasteiger partial charge is 0.416 e. The van der Waals surface area contributed by atoms with Gasteiger partial charge in [0.1, 0.15) is 0 Å². The van der Waals surface area contributed by atoms with E-state index in [2.05, 4.69) is 5.32 Å². The molecule has 1 aromatic carbocycles. The van der Waals surface area contributed by atoms with Crippen LogP contribution >= 0.6 is 0 Å². The highest BCUT2D eigenvalue weighted by Crippen LogP contribution is 2.40. The van der Waals surface area contributed by atoms with Crippen molar-refractivity contribution in [3.63, 3.8) is 0 Å². The molecule has 3 rings (SSSR count). The Morgan fingerprint density at radius 1 is 1.18 bits per heavy atom. The number of ether oxygens (including phenoxy) is 1. The lowest BCUT2D eigenvalue weighted by Crippen LogP contribution is -2.36. The van der Waals surface area contributed by atoms with Gasteiger partial charge in [0.2, 0.25) is 0 Å². The van der Waals surface area contributed by atoms with Crippen LogP contribution in [0.4, 0.5) is 13.2 Å². The van der Waals surface area contributed by atoms with E-state index in [0.717, 1.165) is 44.2 Å². The Kier molecular flexibility index (Phi) is 3.89. The first-order valence-electron chi connectivity index (χ1n) is 7.50. The Morgan fingerprint density at radius 3 is 2.41 bits per heavy atom. The van der Waals surface area contributed by atoms with Crippen molar-refractivity contribution in [3.05, 3.63) is 35.4 Å². The second kappa shape index (κ2) is 5.57. The number of hydrogen-bond acceptors (Lipinski definition) is 2. The summed E-state index contributed by atoms with van der Waals surface area (Å²) in [6.07, 6.45) is 0.765. The molecule has 1 amide bonds. The van der Waals surface area contributed by atoms with E-state index in [-0.39, 0.29) is 23.1 Å². The third-order valence-electron chi connectivity index (χ3n) is 4.53. The van der Waals surface area contributed by atoms with E-state index in [4.69, 9.17) is 4.74 Å².